The van der Waals surface area contributed by atoms with E-state index in [4.69, 9.17) is 31.5 Å². The van der Waals surface area contributed by atoms with Gasteiger partial charge in [-0.25, -0.2) is 4.79 Å². The number of carbonyl (C=O) groups is 2. The molecule has 2 aromatic carbocycles. The van der Waals surface area contributed by atoms with E-state index < -0.39 is 11.9 Å². The van der Waals surface area contributed by atoms with Crippen LogP contribution in [0.2, 0.25) is 5.02 Å². The molecule has 0 aliphatic heterocycles. The van der Waals surface area contributed by atoms with Crippen LogP contribution in [0.3, 0.4) is 0 Å². The fraction of sp³-hybridized carbons (Fsp3) is 0.176. The normalized spacial score (nSPS) is 10.2. The van der Waals surface area contributed by atoms with Gasteiger partial charge >= 0.3 is 5.97 Å². The number of esters is 1. The number of carbonyl (C=O) groups excluding carboxylic acids is 2. The maximum Gasteiger partial charge on any atom is 0.338 e. The van der Waals surface area contributed by atoms with Crippen LogP contribution >= 0.6 is 27.5 Å². The molecule has 0 heterocycles. The van der Waals surface area contributed by atoms with E-state index in [0.29, 0.717) is 0 Å². The average Bonchev–Trinajstić information content (AvgIpc) is 2.58. The molecule has 0 aromatic heterocycles. The Kier molecular flexibility index (Phi) is 6.66. The lowest BCUT2D eigenvalue weighted by molar-refractivity contribution is -0.119. The first-order chi connectivity index (χ1) is 11.9. The van der Waals surface area contributed by atoms with Crippen molar-refractivity contribution in [1.82, 2.24) is 0 Å². The smallest absolute Gasteiger partial charge is 0.338 e. The Balaban J connectivity index is 2.15. The predicted octanol–water partition coefficient (Wildman–Crippen LogP) is 3.33. The van der Waals surface area contributed by atoms with Gasteiger partial charge in [0.1, 0.15) is 6.61 Å². The molecule has 0 bridgehead atoms. The molecule has 1 amide bonds. The first kappa shape index (κ1) is 19.1. The summed E-state index contributed by atoms with van der Waals surface area (Å²) in [6.07, 6.45) is 0. The lowest BCUT2D eigenvalue weighted by atomic mass is 10.2. The molecular weight excluding hydrogens is 414 g/mol. The van der Waals surface area contributed by atoms with Crippen LogP contribution in [0.1, 0.15) is 15.9 Å². The Labute approximate surface area is 157 Å². The zero-order valence-corrected chi connectivity index (χ0v) is 15.6. The van der Waals surface area contributed by atoms with Crippen molar-refractivity contribution in [3.63, 3.8) is 0 Å². The summed E-state index contributed by atoms with van der Waals surface area (Å²) < 4.78 is 16.5. The third-order valence-electron chi connectivity index (χ3n) is 3.14. The minimum Gasteiger partial charge on any atom is -0.493 e. The highest BCUT2D eigenvalue weighted by atomic mass is 79.9. The Morgan fingerprint density at radius 1 is 1.24 bits per heavy atom. The quantitative estimate of drug-likeness (QED) is 0.684. The Morgan fingerprint density at radius 2 is 1.96 bits per heavy atom. The van der Waals surface area contributed by atoms with Crippen molar-refractivity contribution in [2.75, 3.05) is 13.7 Å². The molecule has 0 radical (unpaired) electrons. The van der Waals surface area contributed by atoms with Gasteiger partial charge in [0.15, 0.2) is 18.1 Å². The monoisotopic (exact) mass is 427 g/mol. The van der Waals surface area contributed by atoms with Crippen molar-refractivity contribution >= 4 is 39.4 Å². The van der Waals surface area contributed by atoms with Crippen LogP contribution in [0, 0.1) is 0 Å². The van der Waals surface area contributed by atoms with Crippen LogP contribution in [0.15, 0.2) is 40.9 Å². The summed E-state index contributed by atoms with van der Waals surface area (Å²) in [4.78, 5) is 23.1. The zero-order chi connectivity index (χ0) is 18.4. The summed E-state index contributed by atoms with van der Waals surface area (Å²) >= 11 is 9.50. The van der Waals surface area contributed by atoms with Gasteiger partial charge in [-0.15, -0.1) is 0 Å². The molecule has 0 saturated heterocycles. The van der Waals surface area contributed by atoms with Gasteiger partial charge < -0.3 is 19.9 Å². The molecule has 0 unspecified atom stereocenters. The Hall–Kier alpha value is -2.25. The standard InChI is InChI=1S/C17H15BrClNO5/c1-23-14-7-11(6-13(19)16(14)24-9-15(20)21)17(22)25-8-10-4-2-3-5-12(10)18/h2-7H,8-9H2,1H3,(H2,20,21). The fourth-order valence-corrected chi connectivity index (χ4v) is 2.63. The van der Waals surface area contributed by atoms with E-state index in [0.717, 1.165) is 10.0 Å². The predicted molar refractivity (Wildman–Crippen MR) is 96.0 cm³/mol. The topological polar surface area (TPSA) is 87.8 Å². The fourth-order valence-electron chi connectivity index (χ4n) is 1.96. The summed E-state index contributed by atoms with van der Waals surface area (Å²) in [7, 11) is 1.39. The maximum atomic E-state index is 12.3. The van der Waals surface area contributed by atoms with Gasteiger partial charge in [-0.05, 0) is 18.2 Å². The molecule has 0 saturated carbocycles. The van der Waals surface area contributed by atoms with Gasteiger partial charge in [-0.3, -0.25) is 4.79 Å². The highest BCUT2D eigenvalue weighted by Gasteiger charge is 2.17. The van der Waals surface area contributed by atoms with Crippen LogP contribution in [-0.4, -0.2) is 25.6 Å². The minimum atomic E-state index is -0.657. The molecule has 0 aliphatic carbocycles. The van der Waals surface area contributed by atoms with Crippen molar-refractivity contribution in [2.45, 2.75) is 6.61 Å². The van der Waals surface area contributed by atoms with Gasteiger partial charge in [-0.1, -0.05) is 45.7 Å². The maximum absolute atomic E-state index is 12.3. The van der Waals surface area contributed by atoms with E-state index in [1.165, 1.54) is 19.2 Å². The minimum absolute atomic E-state index is 0.0973. The molecule has 0 atom stereocenters. The van der Waals surface area contributed by atoms with Crippen LogP contribution in [0.4, 0.5) is 0 Å². The SMILES string of the molecule is COc1cc(C(=O)OCc2ccccc2Br)cc(Cl)c1OCC(N)=O. The highest BCUT2D eigenvalue weighted by molar-refractivity contribution is 9.10. The summed E-state index contributed by atoms with van der Waals surface area (Å²) in [5.41, 5.74) is 6.07. The number of benzene rings is 2. The van der Waals surface area contributed by atoms with E-state index in [9.17, 15) is 9.59 Å². The third kappa shape index (κ3) is 5.11. The van der Waals surface area contributed by atoms with Gasteiger partial charge in [0.25, 0.3) is 5.91 Å². The number of primary amides is 1. The number of nitrogens with two attached hydrogens (primary N) is 1. The highest BCUT2D eigenvalue weighted by Crippen LogP contribution is 2.36. The number of halogens is 2. The van der Waals surface area contributed by atoms with Gasteiger partial charge in [0.05, 0.1) is 17.7 Å². The molecular formula is C17H15BrClNO5. The Morgan fingerprint density at radius 3 is 2.60 bits per heavy atom. The van der Waals surface area contributed by atoms with Gasteiger partial charge in [-0.2, -0.15) is 0 Å². The number of rotatable bonds is 7. The molecule has 2 rings (SSSR count). The van der Waals surface area contributed by atoms with Crippen LogP contribution in [0.25, 0.3) is 0 Å². The molecule has 25 heavy (non-hydrogen) atoms. The summed E-state index contributed by atoms with van der Waals surface area (Å²) in [6, 6.07) is 10.2. The summed E-state index contributed by atoms with van der Waals surface area (Å²) in [5, 5.41) is 0.105. The second-order valence-corrected chi connectivity index (χ2v) is 6.17. The van der Waals surface area contributed by atoms with Crippen LogP contribution in [0.5, 0.6) is 11.5 Å². The largest absolute Gasteiger partial charge is 0.493 e. The van der Waals surface area contributed by atoms with E-state index in [1.54, 1.807) is 0 Å². The van der Waals surface area contributed by atoms with E-state index in [1.807, 2.05) is 24.3 Å². The molecule has 6 nitrogen and oxygen atoms in total. The summed E-state index contributed by atoms with van der Waals surface area (Å²) in [6.45, 7) is -0.262. The first-order valence-corrected chi connectivity index (χ1v) is 8.28. The van der Waals surface area contributed by atoms with Crippen molar-refractivity contribution < 1.29 is 23.8 Å². The second kappa shape index (κ2) is 8.73. The van der Waals surface area contributed by atoms with Crippen molar-refractivity contribution in [3.05, 3.63) is 57.0 Å². The van der Waals surface area contributed by atoms with Gasteiger partial charge in [0, 0.05) is 10.0 Å². The number of hydrogen-bond acceptors (Lipinski definition) is 5. The molecule has 0 spiro atoms. The molecule has 2 N–H and O–H groups in total. The molecule has 0 fully saturated rings. The van der Waals surface area contributed by atoms with E-state index in [-0.39, 0.29) is 35.3 Å². The number of ether oxygens (including phenoxy) is 3. The molecule has 2 aromatic rings. The number of amides is 1. The van der Waals surface area contributed by atoms with Crippen LogP contribution < -0.4 is 15.2 Å². The van der Waals surface area contributed by atoms with Crippen LogP contribution in [-0.2, 0) is 16.1 Å². The van der Waals surface area contributed by atoms with Crippen molar-refractivity contribution in [1.29, 1.82) is 0 Å². The lowest BCUT2D eigenvalue weighted by Crippen LogP contribution is -2.20. The number of hydrogen-bond donors (Lipinski definition) is 1. The van der Waals surface area contributed by atoms with Crippen molar-refractivity contribution in [2.24, 2.45) is 5.73 Å². The van der Waals surface area contributed by atoms with E-state index >= 15 is 0 Å². The summed E-state index contributed by atoms with van der Waals surface area (Å²) in [5.74, 6) is -0.903. The van der Waals surface area contributed by atoms with Crippen molar-refractivity contribution in [3.8, 4) is 11.5 Å². The Bertz CT molecular complexity index is 797. The zero-order valence-electron chi connectivity index (χ0n) is 13.3. The van der Waals surface area contributed by atoms with E-state index in [2.05, 4.69) is 15.9 Å². The lowest BCUT2D eigenvalue weighted by Gasteiger charge is -2.13. The second-order valence-electron chi connectivity index (χ2n) is 4.91. The van der Waals surface area contributed by atoms with Gasteiger partial charge in [0.2, 0.25) is 0 Å². The molecule has 132 valence electrons. The molecule has 0 aliphatic rings. The molecule has 8 heteroatoms. The first-order valence-electron chi connectivity index (χ1n) is 7.11. The average molecular weight is 429 g/mol. The number of methoxy groups -OCH3 is 1. The third-order valence-corrected chi connectivity index (χ3v) is 4.19.